The average molecular weight is 256 g/mol. The first-order chi connectivity index (χ1) is 7.51. The number of rotatable bonds is 5. The minimum atomic E-state index is -0.809. The van der Waals surface area contributed by atoms with Gasteiger partial charge in [-0.3, -0.25) is 0 Å². The maximum atomic E-state index is 10.3. The number of aliphatic hydroxyl groups is 1. The second kappa shape index (κ2) is 5.99. The molecule has 1 N–H and O–H groups in total. The number of benzene rings is 1. The van der Waals surface area contributed by atoms with Crippen LogP contribution in [0.2, 0.25) is 0 Å². The summed E-state index contributed by atoms with van der Waals surface area (Å²) in [6.45, 7) is 4.43. The van der Waals surface area contributed by atoms with Gasteiger partial charge in [-0.05, 0) is 30.4 Å². The van der Waals surface area contributed by atoms with E-state index in [0.717, 1.165) is 12.0 Å². The Morgan fingerprint density at radius 3 is 2.00 bits per heavy atom. The Bertz CT molecular complexity index is 315. The van der Waals surface area contributed by atoms with Gasteiger partial charge in [0.05, 0.1) is 0 Å². The van der Waals surface area contributed by atoms with Gasteiger partial charge in [0.25, 0.3) is 0 Å². The van der Waals surface area contributed by atoms with Crippen LogP contribution >= 0.6 is 23.5 Å². The average Bonchev–Trinajstić information content (AvgIpc) is 2.28. The molecule has 0 aliphatic carbocycles. The van der Waals surface area contributed by atoms with E-state index in [4.69, 9.17) is 0 Å². The molecule has 1 aromatic carbocycles. The fraction of sp³-hybridized carbons (Fsp3) is 0.538. The Morgan fingerprint density at radius 1 is 1.12 bits per heavy atom. The van der Waals surface area contributed by atoms with E-state index >= 15 is 0 Å². The molecule has 0 saturated carbocycles. The Hall–Kier alpha value is -0.120. The van der Waals surface area contributed by atoms with Gasteiger partial charge in [-0.1, -0.05) is 38.1 Å². The highest BCUT2D eigenvalue weighted by Crippen LogP contribution is 2.41. The van der Waals surface area contributed by atoms with E-state index in [1.165, 1.54) is 29.1 Å². The van der Waals surface area contributed by atoms with Crippen LogP contribution in [0.25, 0.3) is 0 Å². The first-order valence-electron chi connectivity index (χ1n) is 5.44. The van der Waals surface area contributed by atoms with Gasteiger partial charge in [0.1, 0.15) is 0 Å². The highest BCUT2D eigenvalue weighted by Gasteiger charge is 2.26. The van der Waals surface area contributed by atoms with E-state index in [9.17, 15) is 5.11 Å². The zero-order chi connectivity index (χ0) is 12.2. The van der Waals surface area contributed by atoms with Gasteiger partial charge in [0, 0.05) is 5.56 Å². The minimum Gasteiger partial charge on any atom is -0.367 e. The van der Waals surface area contributed by atoms with Crippen LogP contribution in [-0.4, -0.2) is 17.6 Å². The van der Waals surface area contributed by atoms with E-state index in [-0.39, 0.29) is 0 Å². The van der Waals surface area contributed by atoms with Crippen LogP contribution in [0.5, 0.6) is 0 Å². The topological polar surface area (TPSA) is 20.2 Å². The zero-order valence-corrected chi connectivity index (χ0v) is 12.0. The summed E-state index contributed by atoms with van der Waals surface area (Å²) in [5.41, 5.74) is 2.31. The van der Waals surface area contributed by atoms with Crippen molar-refractivity contribution in [1.82, 2.24) is 0 Å². The first kappa shape index (κ1) is 13.9. The van der Waals surface area contributed by atoms with Crippen molar-refractivity contribution in [3.8, 4) is 0 Å². The van der Waals surface area contributed by atoms with Crippen molar-refractivity contribution in [1.29, 1.82) is 0 Å². The highest BCUT2D eigenvalue weighted by atomic mass is 32.2. The van der Waals surface area contributed by atoms with Crippen LogP contribution < -0.4 is 0 Å². The highest BCUT2D eigenvalue weighted by molar-refractivity contribution is 8.16. The summed E-state index contributed by atoms with van der Waals surface area (Å²) >= 11 is 2.93. The van der Waals surface area contributed by atoms with Gasteiger partial charge >= 0.3 is 0 Å². The molecule has 1 rings (SSSR count). The minimum absolute atomic E-state index is 0.672. The molecular formula is C13H20OS2. The molecule has 90 valence electrons. The SMILES string of the molecule is CSC(O)(SC)c1ccc(CC(C)C)cc1. The standard InChI is InChI=1S/C13H20OS2/c1-10(2)9-11-5-7-12(8-6-11)13(14,15-3)16-4/h5-8,10,14H,9H2,1-4H3. The van der Waals surface area contributed by atoms with Crippen LogP contribution in [0, 0.1) is 5.92 Å². The van der Waals surface area contributed by atoms with Gasteiger partial charge < -0.3 is 5.11 Å². The van der Waals surface area contributed by atoms with Crippen molar-refractivity contribution in [2.24, 2.45) is 5.92 Å². The maximum Gasteiger partial charge on any atom is 0.183 e. The summed E-state index contributed by atoms with van der Waals surface area (Å²) < 4.78 is -0.809. The van der Waals surface area contributed by atoms with Crippen molar-refractivity contribution in [2.75, 3.05) is 12.5 Å². The second-order valence-corrected chi connectivity index (χ2v) is 6.54. The number of thioether (sulfide) groups is 2. The summed E-state index contributed by atoms with van der Waals surface area (Å²) in [7, 11) is 0. The predicted octanol–water partition coefficient (Wildman–Crippen LogP) is 3.71. The third kappa shape index (κ3) is 3.44. The summed E-state index contributed by atoms with van der Waals surface area (Å²) in [5, 5.41) is 10.3. The van der Waals surface area contributed by atoms with Crippen LogP contribution in [0.3, 0.4) is 0 Å². The van der Waals surface area contributed by atoms with Crippen molar-refractivity contribution < 1.29 is 5.11 Å². The van der Waals surface area contributed by atoms with Gasteiger partial charge in [0.15, 0.2) is 4.27 Å². The van der Waals surface area contributed by atoms with Crippen LogP contribution in [-0.2, 0) is 10.7 Å². The summed E-state index contributed by atoms with van der Waals surface area (Å²) in [5.74, 6) is 0.672. The van der Waals surface area contributed by atoms with Crippen molar-refractivity contribution >= 4 is 23.5 Å². The molecule has 0 spiro atoms. The van der Waals surface area contributed by atoms with E-state index in [1.54, 1.807) is 0 Å². The van der Waals surface area contributed by atoms with Crippen LogP contribution in [0.1, 0.15) is 25.0 Å². The first-order valence-corrected chi connectivity index (χ1v) is 7.89. The molecule has 0 fully saturated rings. The zero-order valence-electron chi connectivity index (χ0n) is 10.4. The van der Waals surface area contributed by atoms with Crippen LogP contribution in [0.4, 0.5) is 0 Å². The molecule has 0 unspecified atom stereocenters. The molecule has 1 nitrogen and oxygen atoms in total. The lowest BCUT2D eigenvalue weighted by Gasteiger charge is -2.24. The molecule has 16 heavy (non-hydrogen) atoms. The van der Waals surface area contributed by atoms with Gasteiger partial charge in [0.2, 0.25) is 0 Å². The van der Waals surface area contributed by atoms with E-state index in [2.05, 4.69) is 26.0 Å². The molecule has 3 heteroatoms. The lowest BCUT2D eigenvalue weighted by Crippen LogP contribution is -2.15. The molecule has 0 amide bonds. The molecule has 0 bridgehead atoms. The second-order valence-electron chi connectivity index (χ2n) is 4.28. The maximum absolute atomic E-state index is 10.3. The van der Waals surface area contributed by atoms with Crippen molar-refractivity contribution in [3.05, 3.63) is 35.4 Å². The van der Waals surface area contributed by atoms with E-state index < -0.39 is 4.27 Å². The summed E-state index contributed by atoms with van der Waals surface area (Å²) in [6.07, 6.45) is 4.95. The lowest BCUT2D eigenvalue weighted by molar-refractivity contribution is 0.235. The van der Waals surface area contributed by atoms with Crippen molar-refractivity contribution in [3.63, 3.8) is 0 Å². The Kier molecular flexibility index (Phi) is 5.22. The molecule has 0 aliphatic heterocycles. The largest absolute Gasteiger partial charge is 0.367 e. The summed E-state index contributed by atoms with van der Waals surface area (Å²) in [4.78, 5) is 0. The quantitative estimate of drug-likeness (QED) is 0.811. The third-order valence-corrected chi connectivity index (χ3v) is 5.09. The van der Waals surface area contributed by atoms with Gasteiger partial charge in [-0.25, -0.2) is 0 Å². The predicted molar refractivity (Wildman–Crippen MR) is 75.9 cm³/mol. The van der Waals surface area contributed by atoms with E-state index in [0.29, 0.717) is 5.92 Å². The molecule has 0 radical (unpaired) electrons. The molecule has 0 aliphatic rings. The number of hydrogen-bond donors (Lipinski definition) is 1. The monoisotopic (exact) mass is 256 g/mol. The molecule has 0 saturated heterocycles. The number of hydrogen-bond acceptors (Lipinski definition) is 3. The molecule has 1 aromatic rings. The molecular weight excluding hydrogens is 236 g/mol. The summed E-state index contributed by atoms with van der Waals surface area (Å²) in [6, 6.07) is 8.30. The Labute approximate surface area is 107 Å². The van der Waals surface area contributed by atoms with E-state index in [1.807, 2.05) is 24.6 Å². The molecule has 0 heterocycles. The fourth-order valence-electron chi connectivity index (χ4n) is 1.64. The fourth-order valence-corrected chi connectivity index (χ4v) is 3.05. The smallest absolute Gasteiger partial charge is 0.183 e. The molecule has 0 aromatic heterocycles. The normalized spacial score (nSPS) is 12.1. The van der Waals surface area contributed by atoms with Crippen molar-refractivity contribution in [2.45, 2.75) is 24.5 Å². The van der Waals surface area contributed by atoms with Gasteiger partial charge in [-0.2, -0.15) is 0 Å². The lowest BCUT2D eigenvalue weighted by atomic mass is 10.0. The van der Waals surface area contributed by atoms with Gasteiger partial charge in [-0.15, -0.1) is 23.5 Å². The third-order valence-electron chi connectivity index (χ3n) is 2.52. The Balaban J connectivity index is 2.85. The van der Waals surface area contributed by atoms with Crippen LogP contribution in [0.15, 0.2) is 24.3 Å². The Morgan fingerprint density at radius 2 is 1.62 bits per heavy atom. The molecule has 0 atom stereocenters.